The SMILES string of the molecule is [O]=[Ru](=[O])(=[O])([Cl])([Cl])([Cl])([Cl])([O]Cl)[O]Cl. The van der Waals surface area contributed by atoms with Gasteiger partial charge in [-0.05, 0) is 0 Å². The van der Waals surface area contributed by atoms with E-state index < -0.39 is 5.51 Å². The van der Waals surface area contributed by atoms with E-state index in [9.17, 15) is 10.7 Å². The van der Waals surface area contributed by atoms with E-state index in [2.05, 4.69) is 68.7 Å². The van der Waals surface area contributed by atoms with Crippen LogP contribution in [0.1, 0.15) is 0 Å². The minimum absolute atomic E-state index is 2.68. The molecule has 0 spiro atoms. The predicted octanol–water partition coefficient (Wildman–Crippen LogP) is 3.64. The van der Waals surface area contributed by atoms with E-state index in [4.69, 9.17) is 0 Å². The second-order valence-corrected chi connectivity index (χ2v) is 40.9. The van der Waals surface area contributed by atoms with Gasteiger partial charge in [-0.15, -0.1) is 0 Å². The third-order valence-electron chi connectivity index (χ3n) is 0.343. The van der Waals surface area contributed by atoms with Crippen molar-refractivity contribution in [2.75, 3.05) is 0 Å². The molecule has 0 saturated carbocycles. The summed E-state index contributed by atoms with van der Waals surface area (Å²) in [5, 5.41) is 0. The zero-order valence-corrected chi connectivity index (χ0v) is 10.9. The van der Waals surface area contributed by atoms with Crippen LogP contribution in [0.25, 0.3) is 0 Å². The molecule has 0 unspecified atom stereocenters. The molecule has 0 aliphatic heterocycles. The maximum absolute atomic E-state index is 11.1. The van der Waals surface area contributed by atoms with Crippen molar-refractivity contribution < 1.29 is 22.5 Å². The van der Waals surface area contributed by atoms with Gasteiger partial charge in [-0.25, -0.2) is 0 Å². The molecule has 0 rings (SSSR count). The average Bonchev–Trinajstić information content (AvgIpc) is 1.64. The fourth-order valence-electron chi connectivity index (χ4n) is 0.00842. The van der Waals surface area contributed by atoms with Crippen LogP contribution >= 0.6 is 62.5 Å². The number of halogens is 6. The Balaban J connectivity index is 7.58. The van der Waals surface area contributed by atoms with Crippen molar-refractivity contribution >= 4 is 62.5 Å². The van der Waals surface area contributed by atoms with Gasteiger partial charge in [-0.1, -0.05) is 0 Å². The average molecular weight is 394 g/mol. The summed E-state index contributed by atoms with van der Waals surface area (Å²) in [6.45, 7) is 0. The Labute approximate surface area is 84.2 Å². The predicted molar refractivity (Wildman–Crippen MR) is 39.3 cm³/mol. The normalized spacial score (nSPS) is 31.0. The first-order valence-corrected chi connectivity index (χ1v) is 14.7. The molecule has 0 aliphatic rings. The Morgan fingerprint density at radius 3 is 0.917 bits per heavy atom. The Bertz CT molecular complexity index is 601. The molecule has 0 atom stereocenters. The van der Waals surface area contributed by atoms with E-state index in [1.165, 1.54) is 0 Å². The van der Waals surface area contributed by atoms with Crippen LogP contribution < -0.4 is 0 Å². The first kappa shape index (κ1) is 13.7. The number of rotatable bonds is 2. The van der Waals surface area contributed by atoms with E-state index in [-0.39, 0.29) is 0 Å². The summed E-state index contributed by atoms with van der Waals surface area (Å²) in [5.41, 5.74) is -11.1. The van der Waals surface area contributed by atoms with E-state index in [0.29, 0.717) is 0 Å². The van der Waals surface area contributed by atoms with Crippen molar-refractivity contribution in [2.45, 2.75) is 0 Å². The van der Waals surface area contributed by atoms with E-state index >= 15 is 0 Å². The van der Waals surface area contributed by atoms with Gasteiger partial charge in [0.1, 0.15) is 0 Å². The van der Waals surface area contributed by atoms with Gasteiger partial charge in [0.15, 0.2) is 0 Å². The Hall–Kier alpha value is 1.68. The van der Waals surface area contributed by atoms with Crippen molar-refractivity contribution in [3.8, 4) is 0 Å². The van der Waals surface area contributed by atoms with Crippen LogP contribution in [0.4, 0.5) is 0 Å². The molecule has 80 valence electrons. The molecule has 12 heteroatoms. The molecule has 0 aliphatic carbocycles. The summed E-state index contributed by atoms with van der Waals surface area (Å²) in [7, 11) is 17.0. The molecule has 5 nitrogen and oxygen atoms in total. The fraction of sp³-hybridized carbons (Fsp3) is 0. The molecule has 0 bridgehead atoms. The van der Waals surface area contributed by atoms with Crippen LogP contribution in [0, 0.1) is 0 Å². The molecule has 12 heavy (non-hydrogen) atoms. The third kappa shape index (κ3) is 4.26. The molecule has 0 aromatic rings. The monoisotopic (exact) mass is 392 g/mol. The van der Waals surface area contributed by atoms with Crippen molar-refractivity contribution in [2.24, 2.45) is 0 Å². The summed E-state index contributed by atoms with van der Waals surface area (Å²) < 4.78 is 38.7. The van der Waals surface area contributed by atoms with Crippen LogP contribution in [-0.4, -0.2) is 0 Å². The summed E-state index contributed by atoms with van der Waals surface area (Å²) in [6.07, 6.45) is 0. The second-order valence-electron chi connectivity index (χ2n) is 2.09. The molecule has 0 saturated heterocycles. The minimum atomic E-state index is -11.1. The Morgan fingerprint density at radius 2 is 0.917 bits per heavy atom. The Morgan fingerprint density at radius 1 is 0.750 bits per heavy atom. The summed E-state index contributed by atoms with van der Waals surface area (Å²) in [6, 6.07) is 0. The topological polar surface area (TPSA) is 69.7 Å². The van der Waals surface area contributed by atoms with E-state index in [1.807, 2.05) is 0 Å². The van der Waals surface area contributed by atoms with Crippen LogP contribution in [-0.2, 0) is 22.5 Å². The van der Waals surface area contributed by atoms with E-state index in [0.717, 1.165) is 0 Å². The summed E-state index contributed by atoms with van der Waals surface area (Å²) >= 11 is 8.38. The van der Waals surface area contributed by atoms with Gasteiger partial charge in [0.25, 0.3) is 0 Å². The van der Waals surface area contributed by atoms with Gasteiger partial charge in [-0.2, -0.15) is 0 Å². The first-order chi connectivity index (χ1) is 4.22. The van der Waals surface area contributed by atoms with Gasteiger partial charge < -0.3 is 0 Å². The van der Waals surface area contributed by atoms with Gasteiger partial charge >= 0.3 is 85.0 Å². The van der Waals surface area contributed by atoms with E-state index in [1.54, 1.807) is 0 Å². The van der Waals surface area contributed by atoms with Crippen molar-refractivity contribution in [3.63, 3.8) is 0 Å². The number of hydrogen-bond donors (Lipinski definition) is 0. The standard InChI is InChI=1S/2ClO.4ClH.3O.Ru/c2*1-2;;;;;;;;/h;;4*1H;;;;/q2*-1;;;;;;;;+6/p-4. The third-order valence-corrected chi connectivity index (χ3v) is 11.9. The molecule has 0 fully saturated rings. The van der Waals surface area contributed by atoms with Crippen LogP contribution in [0.2, 0.25) is 0 Å². The molecule has 0 radical (unpaired) electrons. The fourth-order valence-corrected chi connectivity index (χ4v) is 0.448. The molecular weight excluding hydrogens is 394 g/mol. The second kappa shape index (κ2) is 1.10. The van der Waals surface area contributed by atoms with Crippen molar-refractivity contribution in [1.82, 2.24) is 0 Å². The quantitative estimate of drug-likeness (QED) is 0.670. The number of hydrogen-bond acceptors (Lipinski definition) is 5. The molecular formula is Cl6O5Ru. The van der Waals surface area contributed by atoms with Gasteiger partial charge in [0.05, 0.1) is 0 Å². The van der Waals surface area contributed by atoms with Crippen molar-refractivity contribution in [3.05, 3.63) is 0 Å². The Kier molecular flexibility index (Phi) is 1.25. The molecule has 0 heterocycles. The molecule has 0 aromatic heterocycles. The molecule has 0 amide bonds. The van der Waals surface area contributed by atoms with Crippen LogP contribution in [0.3, 0.4) is 0 Å². The molecule has 0 aromatic carbocycles. The van der Waals surface area contributed by atoms with Crippen molar-refractivity contribution in [1.29, 1.82) is 0 Å². The van der Waals surface area contributed by atoms with Crippen LogP contribution in [0.15, 0.2) is 0 Å². The van der Waals surface area contributed by atoms with Gasteiger partial charge in [0, 0.05) is 0 Å². The van der Waals surface area contributed by atoms with Gasteiger partial charge in [-0.3, -0.25) is 0 Å². The zero-order valence-electron chi connectivity index (χ0n) is 4.66. The maximum atomic E-state index is 11.1. The molecule has 0 N–H and O–H groups in total. The first-order valence-electron chi connectivity index (χ1n) is 1.56. The summed E-state index contributed by atoms with van der Waals surface area (Å²) in [5.74, 6) is 0. The van der Waals surface area contributed by atoms with Gasteiger partial charge in [0.2, 0.25) is 0 Å². The van der Waals surface area contributed by atoms with Crippen LogP contribution in [0.5, 0.6) is 0 Å². The zero-order chi connectivity index (χ0) is 10.7. The summed E-state index contributed by atoms with van der Waals surface area (Å²) in [4.78, 5) is 0.